The fourth-order valence-electron chi connectivity index (χ4n) is 1.92. The Labute approximate surface area is 108 Å². The van der Waals surface area contributed by atoms with Gasteiger partial charge in [0.05, 0.1) is 6.07 Å². The minimum Gasteiger partial charge on any atom is -0.193 e. The molecular weight excluding hydrogens is 218 g/mol. The van der Waals surface area contributed by atoms with Crippen LogP contribution in [0.2, 0.25) is 0 Å². The fraction of sp³-hybridized carbons (Fsp3) is 0.118. The predicted octanol–water partition coefficient (Wildman–Crippen LogP) is 4.37. The van der Waals surface area contributed by atoms with Crippen molar-refractivity contribution in [3.05, 3.63) is 72.3 Å². The Kier molecular flexibility index (Phi) is 4.33. The Morgan fingerprint density at radius 3 is 2.50 bits per heavy atom. The lowest BCUT2D eigenvalue weighted by Gasteiger charge is -2.04. The van der Waals surface area contributed by atoms with E-state index in [0.717, 1.165) is 12.8 Å². The molecule has 2 rings (SSSR count). The smallest absolute Gasteiger partial charge is 0.0908 e. The Bertz CT molecular complexity index is 562. The van der Waals surface area contributed by atoms with Crippen molar-refractivity contribution in [3.8, 4) is 17.2 Å². The molecule has 1 nitrogen and oxygen atoms in total. The zero-order valence-electron chi connectivity index (χ0n) is 10.2. The summed E-state index contributed by atoms with van der Waals surface area (Å²) in [5, 5.41) is 8.42. The van der Waals surface area contributed by atoms with Crippen molar-refractivity contribution in [2.45, 2.75) is 12.8 Å². The van der Waals surface area contributed by atoms with Gasteiger partial charge in [-0.2, -0.15) is 5.26 Å². The zero-order chi connectivity index (χ0) is 12.6. The van der Waals surface area contributed by atoms with Crippen LogP contribution in [0.1, 0.15) is 12.0 Å². The van der Waals surface area contributed by atoms with E-state index in [1.54, 1.807) is 6.08 Å². The van der Waals surface area contributed by atoms with Gasteiger partial charge in [0.15, 0.2) is 0 Å². The van der Waals surface area contributed by atoms with Crippen LogP contribution in [0.4, 0.5) is 0 Å². The van der Waals surface area contributed by atoms with E-state index >= 15 is 0 Å². The summed E-state index contributed by atoms with van der Waals surface area (Å²) in [6.07, 6.45) is 5.33. The number of allylic oxidation sites excluding steroid dienone is 2. The molecular formula is C17H15N. The maximum Gasteiger partial charge on any atom is 0.0908 e. The average molecular weight is 233 g/mol. The topological polar surface area (TPSA) is 23.8 Å². The van der Waals surface area contributed by atoms with Gasteiger partial charge in [-0.1, -0.05) is 60.7 Å². The molecule has 0 atom stereocenters. The Balaban J connectivity index is 2.11. The second-order valence-corrected chi connectivity index (χ2v) is 4.14. The number of benzene rings is 2. The summed E-state index contributed by atoms with van der Waals surface area (Å²) < 4.78 is 0. The van der Waals surface area contributed by atoms with E-state index < -0.39 is 0 Å². The SMILES string of the molecule is N#C/C=C/CCc1cccc(-c2ccccc2)c1. The Morgan fingerprint density at radius 2 is 1.72 bits per heavy atom. The van der Waals surface area contributed by atoms with Gasteiger partial charge in [0.25, 0.3) is 0 Å². The van der Waals surface area contributed by atoms with Crippen LogP contribution in [0.5, 0.6) is 0 Å². The summed E-state index contributed by atoms with van der Waals surface area (Å²) >= 11 is 0. The Hall–Kier alpha value is -2.33. The lowest BCUT2D eigenvalue weighted by atomic mass is 10.0. The molecule has 0 spiro atoms. The van der Waals surface area contributed by atoms with E-state index in [1.165, 1.54) is 16.7 Å². The first-order valence-corrected chi connectivity index (χ1v) is 6.09. The third-order valence-corrected chi connectivity index (χ3v) is 2.83. The number of rotatable bonds is 4. The van der Waals surface area contributed by atoms with Gasteiger partial charge in [0, 0.05) is 6.08 Å². The van der Waals surface area contributed by atoms with Crippen molar-refractivity contribution in [3.63, 3.8) is 0 Å². The molecule has 0 amide bonds. The van der Waals surface area contributed by atoms with Crippen LogP contribution in [0.25, 0.3) is 11.1 Å². The first-order valence-electron chi connectivity index (χ1n) is 6.09. The molecule has 0 heterocycles. The molecule has 1 heteroatoms. The largest absolute Gasteiger partial charge is 0.193 e. The summed E-state index contributed by atoms with van der Waals surface area (Å²) in [4.78, 5) is 0. The average Bonchev–Trinajstić information content (AvgIpc) is 2.45. The number of hydrogen-bond donors (Lipinski definition) is 0. The van der Waals surface area contributed by atoms with E-state index in [4.69, 9.17) is 5.26 Å². The van der Waals surface area contributed by atoms with Crippen LogP contribution in [0.3, 0.4) is 0 Å². The molecule has 2 aromatic carbocycles. The summed E-state index contributed by atoms with van der Waals surface area (Å²) in [5.41, 5.74) is 3.79. The number of nitriles is 1. The van der Waals surface area contributed by atoms with E-state index in [1.807, 2.05) is 18.2 Å². The summed E-state index contributed by atoms with van der Waals surface area (Å²) in [5.74, 6) is 0. The second kappa shape index (κ2) is 6.42. The lowest BCUT2D eigenvalue weighted by Crippen LogP contribution is -1.85. The number of nitrogens with zero attached hydrogens (tertiary/aromatic N) is 1. The minimum absolute atomic E-state index is 0.909. The maximum absolute atomic E-state index is 8.42. The molecule has 88 valence electrons. The van der Waals surface area contributed by atoms with Crippen molar-refractivity contribution in [2.75, 3.05) is 0 Å². The zero-order valence-corrected chi connectivity index (χ0v) is 10.2. The van der Waals surface area contributed by atoms with E-state index in [0.29, 0.717) is 0 Å². The van der Waals surface area contributed by atoms with Crippen molar-refractivity contribution >= 4 is 0 Å². The third kappa shape index (κ3) is 3.33. The first-order chi connectivity index (χ1) is 8.90. The van der Waals surface area contributed by atoms with Crippen molar-refractivity contribution in [1.82, 2.24) is 0 Å². The van der Waals surface area contributed by atoms with Gasteiger partial charge in [-0.05, 0) is 29.5 Å². The highest BCUT2D eigenvalue weighted by Gasteiger charge is 1.98. The van der Waals surface area contributed by atoms with E-state index in [-0.39, 0.29) is 0 Å². The van der Waals surface area contributed by atoms with Crippen LogP contribution in [-0.4, -0.2) is 0 Å². The molecule has 0 saturated heterocycles. The van der Waals surface area contributed by atoms with Gasteiger partial charge in [-0.3, -0.25) is 0 Å². The molecule has 0 fully saturated rings. The molecule has 18 heavy (non-hydrogen) atoms. The standard InChI is InChI=1S/C17H15N/c18-13-6-2-3-8-15-9-7-12-17(14-15)16-10-4-1-5-11-16/h1-2,4-7,9-12,14H,3,8H2/b6-2+. The van der Waals surface area contributed by atoms with Crippen molar-refractivity contribution < 1.29 is 0 Å². The first kappa shape index (κ1) is 12.1. The molecule has 0 aliphatic carbocycles. The summed E-state index contributed by atoms with van der Waals surface area (Å²) in [6.45, 7) is 0. The molecule has 0 saturated carbocycles. The quantitative estimate of drug-likeness (QED) is 0.719. The van der Waals surface area contributed by atoms with E-state index in [2.05, 4.69) is 48.5 Å². The van der Waals surface area contributed by atoms with Crippen LogP contribution >= 0.6 is 0 Å². The predicted molar refractivity (Wildman–Crippen MR) is 75.0 cm³/mol. The van der Waals surface area contributed by atoms with Gasteiger partial charge in [0.1, 0.15) is 0 Å². The second-order valence-electron chi connectivity index (χ2n) is 4.14. The molecule has 0 radical (unpaired) electrons. The van der Waals surface area contributed by atoms with Crippen LogP contribution in [-0.2, 0) is 6.42 Å². The molecule has 0 aliphatic heterocycles. The summed E-state index contributed by atoms with van der Waals surface area (Å²) in [7, 11) is 0. The normalized spacial score (nSPS) is 10.4. The minimum atomic E-state index is 0.909. The highest BCUT2D eigenvalue weighted by molar-refractivity contribution is 5.63. The van der Waals surface area contributed by atoms with Gasteiger partial charge >= 0.3 is 0 Å². The van der Waals surface area contributed by atoms with Crippen molar-refractivity contribution in [2.24, 2.45) is 0 Å². The van der Waals surface area contributed by atoms with Crippen molar-refractivity contribution in [1.29, 1.82) is 5.26 Å². The van der Waals surface area contributed by atoms with Crippen LogP contribution < -0.4 is 0 Å². The lowest BCUT2D eigenvalue weighted by molar-refractivity contribution is 1.00. The highest BCUT2D eigenvalue weighted by Crippen LogP contribution is 2.20. The van der Waals surface area contributed by atoms with E-state index in [9.17, 15) is 0 Å². The summed E-state index contributed by atoms with van der Waals surface area (Å²) in [6, 6.07) is 21.0. The van der Waals surface area contributed by atoms with Gasteiger partial charge in [-0.15, -0.1) is 0 Å². The third-order valence-electron chi connectivity index (χ3n) is 2.83. The monoisotopic (exact) mass is 233 g/mol. The van der Waals surface area contributed by atoms with Crippen LogP contribution in [0.15, 0.2) is 66.7 Å². The molecule has 0 aliphatic rings. The Morgan fingerprint density at radius 1 is 0.944 bits per heavy atom. The van der Waals surface area contributed by atoms with Crippen LogP contribution in [0, 0.1) is 11.3 Å². The molecule has 0 N–H and O–H groups in total. The van der Waals surface area contributed by atoms with Gasteiger partial charge < -0.3 is 0 Å². The number of hydrogen-bond acceptors (Lipinski definition) is 1. The molecule has 2 aromatic rings. The van der Waals surface area contributed by atoms with Gasteiger partial charge in [0.2, 0.25) is 0 Å². The maximum atomic E-state index is 8.42. The molecule has 0 aromatic heterocycles. The highest BCUT2D eigenvalue weighted by atomic mass is 14.2. The number of aryl methyl sites for hydroxylation is 1. The van der Waals surface area contributed by atoms with Gasteiger partial charge in [-0.25, -0.2) is 0 Å². The molecule has 0 unspecified atom stereocenters. The fourth-order valence-corrected chi connectivity index (χ4v) is 1.92. The molecule has 0 bridgehead atoms.